The van der Waals surface area contributed by atoms with Gasteiger partial charge in [-0.15, -0.1) is 0 Å². The molecule has 0 amide bonds. The lowest BCUT2D eigenvalue weighted by molar-refractivity contribution is 0.341. The van der Waals surface area contributed by atoms with Gasteiger partial charge in [0.2, 0.25) is 0 Å². The van der Waals surface area contributed by atoms with E-state index < -0.39 is 0 Å². The summed E-state index contributed by atoms with van der Waals surface area (Å²) in [5.41, 5.74) is 12.8. The number of hydrazine groups is 1. The highest BCUT2D eigenvalue weighted by molar-refractivity contribution is 6.11. The minimum atomic E-state index is -0.139. The maximum Gasteiger partial charge on any atom is 0.150 e. The van der Waals surface area contributed by atoms with Crippen LogP contribution in [-0.2, 0) is 5.41 Å². The van der Waals surface area contributed by atoms with Crippen LogP contribution < -0.4 is 0 Å². The zero-order valence-electron chi connectivity index (χ0n) is 26.7. The summed E-state index contributed by atoms with van der Waals surface area (Å²) in [6.07, 6.45) is -0.126. The lowest BCUT2D eigenvalue weighted by Crippen LogP contribution is -2.14. The average molecular weight is 618 g/mol. The van der Waals surface area contributed by atoms with Gasteiger partial charge in [-0.3, -0.25) is 5.01 Å². The number of para-hydroxylation sites is 1. The molecule has 0 radical (unpaired) electrons. The van der Waals surface area contributed by atoms with Gasteiger partial charge in [-0.1, -0.05) is 111 Å². The monoisotopic (exact) mass is 617 g/mol. The molecular weight excluding hydrogens is 587 g/mol. The molecule has 7 aromatic rings. The van der Waals surface area contributed by atoms with Crippen molar-refractivity contribution in [2.24, 2.45) is 4.99 Å². The predicted molar refractivity (Wildman–Crippen MR) is 192 cm³/mol. The molecule has 1 aromatic heterocycles. The van der Waals surface area contributed by atoms with Crippen molar-refractivity contribution >= 4 is 27.6 Å². The van der Waals surface area contributed by atoms with Crippen LogP contribution >= 0.6 is 0 Å². The van der Waals surface area contributed by atoms with Gasteiger partial charge in [0.1, 0.15) is 18.2 Å². The third-order valence-electron chi connectivity index (χ3n) is 10.5. The Morgan fingerprint density at radius 2 is 1.42 bits per heavy atom. The molecule has 1 fully saturated rings. The Balaban J connectivity index is 1.14. The Morgan fingerprint density at radius 3 is 2.29 bits per heavy atom. The zero-order chi connectivity index (χ0) is 32.1. The van der Waals surface area contributed by atoms with Crippen LogP contribution in [0.2, 0.25) is 0 Å². The Kier molecular flexibility index (Phi) is 5.54. The van der Waals surface area contributed by atoms with Gasteiger partial charge in [0.05, 0.1) is 22.7 Å². The molecule has 2 aliphatic heterocycles. The number of nitrogens with zero attached hydrogens (tertiary/aromatic N) is 5. The summed E-state index contributed by atoms with van der Waals surface area (Å²) in [5, 5.41) is 16.7. The van der Waals surface area contributed by atoms with Crippen molar-refractivity contribution in [2.45, 2.75) is 31.6 Å². The molecule has 5 nitrogen and oxygen atoms in total. The van der Waals surface area contributed by atoms with Crippen LogP contribution in [0, 0.1) is 11.3 Å². The maximum absolute atomic E-state index is 9.62. The van der Waals surface area contributed by atoms with Gasteiger partial charge in [0, 0.05) is 27.4 Å². The fraction of sp³-hybridized carbons (Fsp3) is 0.116. The van der Waals surface area contributed by atoms with Crippen molar-refractivity contribution in [3.8, 4) is 22.9 Å². The summed E-state index contributed by atoms with van der Waals surface area (Å²) in [6.45, 7) is 4.69. The van der Waals surface area contributed by atoms with Crippen molar-refractivity contribution in [2.75, 3.05) is 0 Å². The van der Waals surface area contributed by atoms with Crippen molar-refractivity contribution in [1.82, 2.24) is 14.6 Å². The van der Waals surface area contributed by atoms with Gasteiger partial charge in [0.15, 0.2) is 0 Å². The van der Waals surface area contributed by atoms with Crippen LogP contribution in [0.5, 0.6) is 0 Å². The first-order valence-electron chi connectivity index (χ1n) is 16.5. The Morgan fingerprint density at radius 1 is 0.646 bits per heavy atom. The smallest absolute Gasteiger partial charge is 0.150 e. The number of rotatable bonds is 4. The second-order valence-corrected chi connectivity index (χ2v) is 13.6. The van der Waals surface area contributed by atoms with E-state index in [2.05, 4.69) is 150 Å². The molecule has 3 atom stereocenters. The minimum absolute atomic E-state index is 0.0129. The van der Waals surface area contributed by atoms with Gasteiger partial charge in [-0.25, -0.2) is 4.99 Å². The summed E-state index contributed by atoms with van der Waals surface area (Å²) in [4.78, 5) is 5.31. The number of hydrogen-bond donors (Lipinski definition) is 0. The molecule has 1 aliphatic carbocycles. The van der Waals surface area contributed by atoms with Crippen LogP contribution in [0.3, 0.4) is 0 Å². The molecule has 48 heavy (non-hydrogen) atoms. The van der Waals surface area contributed by atoms with Crippen LogP contribution in [0.15, 0.2) is 145 Å². The molecule has 3 heterocycles. The van der Waals surface area contributed by atoms with E-state index in [0.717, 1.165) is 28.2 Å². The molecule has 2 unspecified atom stereocenters. The standard InChI is InChI=1S/C43H31N5/c1-43(2)36-20-8-6-18-32(36)34-25-39-35(24-37(34)43)33-19-7-9-21-38(33)46(39)31-17-11-15-29(23-31)41-45-40(28-13-4-3-5-14-28)47-42(48(41)47)30-16-10-12-27(22-30)26-44/h3-25,40,42H,1-2H3/t40-,42?,47?,48?/m0/s1. The van der Waals surface area contributed by atoms with Crippen molar-refractivity contribution in [3.63, 3.8) is 0 Å². The number of aromatic nitrogens is 1. The predicted octanol–water partition coefficient (Wildman–Crippen LogP) is 9.65. The normalized spacial score (nSPS) is 19.9. The van der Waals surface area contributed by atoms with Crippen LogP contribution in [-0.4, -0.2) is 20.4 Å². The number of benzene rings is 6. The van der Waals surface area contributed by atoms with Gasteiger partial charge >= 0.3 is 0 Å². The van der Waals surface area contributed by atoms with Gasteiger partial charge in [0.25, 0.3) is 0 Å². The number of aliphatic imine (C=N–C) groups is 1. The maximum atomic E-state index is 9.62. The molecular formula is C43H31N5. The summed E-state index contributed by atoms with van der Waals surface area (Å²) in [5.74, 6) is 0.940. The second-order valence-electron chi connectivity index (χ2n) is 13.6. The Hall–Kier alpha value is -5.96. The third-order valence-corrected chi connectivity index (χ3v) is 10.5. The first kappa shape index (κ1) is 27.2. The summed E-state index contributed by atoms with van der Waals surface area (Å²) < 4.78 is 2.42. The lowest BCUT2D eigenvalue weighted by atomic mass is 9.82. The molecule has 228 valence electrons. The van der Waals surface area contributed by atoms with Crippen LogP contribution in [0.25, 0.3) is 38.6 Å². The van der Waals surface area contributed by atoms with Crippen LogP contribution in [0.1, 0.15) is 59.6 Å². The fourth-order valence-corrected chi connectivity index (χ4v) is 8.24. The summed E-state index contributed by atoms with van der Waals surface area (Å²) in [6, 6.07) is 52.0. The molecule has 0 N–H and O–H groups in total. The number of fused-ring (bicyclic) bond motifs is 7. The largest absolute Gasteiger partial charge is 0.309 e. The number of nitriles is 1. The van der Waals surface area contributed by atoms with E-state index in [4.69, 9.17) is 4.99 Å². The molecule has 0 bridgehead atoms. The number of hydrogen-bond acceptors (Lipinski definition) is 4. The van der Waals surface area contributed by atoms with Gasteiger partial charge in [-0.2, -0.15) is 10.3 Å². The quantitative estimate of drug-likeness (QED) is 0.185. The molecule has 0 saturated carbocycles. The Labute approximate surface area is 279 Å². The average Bonchev–Trinajstić information content (AvgIpc) is 3.49. The lowest BCUT2D eigenvalue weighted by Gasteiger charge is -2.21. The van der Waals surface area contributed by atoms with Crippen molar-refractivity contribution in [1.29, 1.82) is 5.26 Å². The fourth-order valence-electron chi connectivity index (χ4n) is 8.24. The van der Waals surface area contributed by atoms with E-state index in [1.54, 1.807) is 0 Å². The molecule has 5 heteroatoms. The van der Waals surface area contributed by atoms with E-state index in [1.807, 2.05) is 24.3 Å². The molecule has 3 aliphatic rings. The summed E-state index contributed by atoms with van der Waals surface area (Å²) >= 11 is 0. The van der Waals surface area contributed by atoms with E-state index in [-0.39, 0.29) is 17.7 Å². The van der Waals surface area contributed by atoms with Crippen LogP contribution in [0.4, 0.5) is 0 Å². The van der Waals surface area contributed by atoms with Crippen molar-refractivity contribution < 1.29 is 0 Å². The van der Waals surface area contributed by atoms with Gasteiger partial charge in [-0.05, 0) is 75.8 Å². The van der Waals surface area contributed by atoms with E-state index in [9.17, 15) is 5.26 Å². The SMILES string of the molecule is CC1(C)c2ccccc2-c2cc3c(cc21)c1ccccc1n3-c1cccc(C2=N[C@H](c3ccccc3)N3C(c4cccc(C#N)c4)N23)c1. The third kappa shape index (κ3) is 3.72. The molecule has 10 rings (SSSR count). The van der Waals surface area contributed by atoms with Gasteiger partial charge < -0.3 is 4.57 Å². The Bertz CT molecular complexity index is 2530. The zero-order valence-corrected chi connectivity index (χ0v) is 26.7. The van der Waals surface area contributed by atoms with E-state index in [0.29, 0.717) is 5.56 Å². The molecule has 1 saturated heterocycles. The minimum Gasteiger partial charge on any atom is -0.309 e. The molecule has 6 aromatic carbocycles. The number of amidine groups is 1. The highest BCUT2D eigenvalue weighted by Crippen LogP contribution is 2.54. The first-order chi connectivity index (χ1) is 23.5. The summed E-state index contributed by atoms with van der Waals surface area (Å²) in [7, 11) is 0. The van der Waals surface area contributed by atoms with Crippen molar-refractivity contribution in [3.05, 3.63) is 173 Å². The highest BCUT2D eigenvalue weighted by Gasteiger charge is 2.57. The first-order valence-corrected chi connectivity index (χ1v) is 16.5. The second kappa shape index (κ2) is 9.78. The van der Waals surface area contributed by atoms with E-state index >= 15 is 0 Å². The highest BCUT2D eigenvalue weighted by atomic mass is 15.9. The van der Waals surface area contributed by atoms with E-state index in [1.165, 1.54) is 44.1 Å². The topological polar surface area (TPSA) is 47.1 Å². The molecule has 0 spiro atoms.